The number of nitrogens with zero attached hydrogens (tertiary/aromatic N) is 4. The van der Waals surface area contributed by atoms with E-state index in [1.54, 1.807) is 40.8 Å². The summed E-state index contributed by atoms with van der Waals surface area (Å²) in [5.74, 6) is 0.224. The van der Waals surface area contributed by atoms with Gasteiger partial charge in [0.1, 0.15) is 47.5 Å². The number of Topliss-reactive ketones (excluding diaryl/α,β-unsaturated/α-hetero) is 4. The summed E-state index contributed by atoms with van der Waals surface area (Å²) in [6, 6.07) is 25.2. The van der Waals surface area contributed by atoms with Gasteiger partial charge in [-0.25, -0.2) is 0 Å². The Balaban J connectivity index is 0.000000111. The largest absolute Gasteiger partial charge is 0.489 e. The molecule has 24 atom stereocenters. The zero-order valence-electron chi connectivity index (χ0n) is 73.7. The van der Waals surface area contributed by atoms with Gasteiger partial charge in [-0.3, -0.25) is 58.3 Å². The van der Waals surface area contributed by atoms with Gasteiger partial charge in [0.05, 0.1) is 70.4 Å². The number of ether oxygens (including phenoxy) is 8. The molecule has 6 aromatic rings. The predicted molar refractivity (Wildman–Crippen MR) is 475 cm³/mol. The first-order chi connectivity index (χ1) is 61.6. The number of hydrogen-bond donors (Lipinski definition) is 4. The number of pyridine rings is 4. The van der Waals surface area contributed by atoms with Crippen LogP contribution < -0.4 is 22.9 Å². The fourth-order valence-electron chi connectivity index (χ4n) is 26.1. The molecule has 12 aliphatic carbocycles. The van der Waals surface area contributed by atoms with Crippen LogP contribution in [0.1, 0.15) is 176 Å². The van der Waals surface area contributed by atoms with Gasteiger partial charge < -0.3 is 60.8 Å². The van der Waals surface area contributed by atoms with E-state index < -0.39 is 47.3 Å². The summed E-state index contributed by atoms with van der Waals surface area (Å²) in [6.07, 6.45) is 41.0. The highest BCUT2D eigenvalue weighted by Gasteiger charge is 2.64. The number of nitrogens with two attached hydrogens (primary N) is 4. The average Bonchev–Trinajstić information content (AvgIpc) is 1.57. The second-order valence-electron chi connectivity index (χ2n) is 39.2. The van der Waals surface area contributed by atoms with Crippen molar-refractivity contribution in [1.82, 2.24) is 19.9 Å². The Hall–Kier alpha value is -11.4. The number of benzene rings is 2. The molecule has 0 spiro atoms. The van der Waals surface area contributed by atoms with Crippen LogP contribution in [0.25, 0.3) is 21.5 Å². The van der Waals surface area contributed by atoms with Crippen molar-refractivity contribution in [3.63, 3.8) is 0 Å². The SMILES string of the molecule is CO[C@@H]1C[C@H]2[C@@H]3OC4=C(C=C3C=C[C@]2(C)[C@H]1c1cccc2cnccc12)C(=O)CC(C(N)=O)C4.CO[C@@H]1C[C@H]2[C@@H]3OC4=C(C=C3C=C[C@]2(C)[C@H]1c1cccnc1)C(=O)CC(C(N)=O)C4.CO[C@@H]1C[C@H]2[C@@H]3OC4=C(C=C3CC[C@]2(C)[C@H]1c1cccc2cnccc12)C(=O)CC(C(N)=O)C4.CO[C@@H]1C[C@H]2[C@@H]3OC4=C(C=C3CC[C@]2(C)[C@H]1c1cccnc1)C(=O)CC(C(N)=O)C4. The lowest BCUT2D eigenvalue weighted by molar-refractivity contribution is -0.127. The van der Waals surface area contributed by atoms with Gasteiger partial charge in [0.2, 0.25) is 23.6 Å². The van der Waals surface area contributed by atoms with Crippen LogP contribution in [0.4, 0.5) is 0 Å². The molecular weight excluding hydrogens is 1620 g/mol. The molecular formula is C104H112N8O16. The Morgan fingerprint density at radius 1 is 0.375 bits per heavy atom. The van der Waals surface area contributed by atoms with E-state index in [4.69, 9.17) is 60.8 Å². The lowest BCUT2D eigenvalue weighted by Gasteiger charge is -2.48. The lowest BCUT2D eigenvalue weighted by atomic mass is 9.60. The molecule has 8 heterocycles. The van der Waals surface area contributed by atoms with Gasteiger partial charge in [-0.1, -0.05) is 101 Å². The molecule has 0 radical (unpaired) electrons. The topological polar surface area (TPSA) is 366 Å². The molecule has 664 valence electrons. The monoisotopic (exact) mass is 1730 g/mol. The standard InChI is InChI=1S/C28H30N2O4.C28H28N2O4.C24H28N2O4.C24H26N2O4/c2*1-28-8-6-15-10-20-22(31)11-17(27(29)32)12-23(20)34-26(15)21(28)13-24(33-2)25(28)19-5-3-4-16-14-30-9-7-18(16)19;2*1-24-6-5-13-8-16-18(27)9-15(23(25)28)10-19(16)30-22(13)17(24)11-20(29-2)21(24)14-4-3-7-26-12-14/h3-5,7,9-10,14,17,21,24-26H,6,8,11-13H2,1-2H3,(H2,29,32);3-10,14,17,21,24-26H,11-13H2,1-2H3,(H2,29,32);3-4,7-8,12,15,17,20-22H,5-6,9-11H2,1-2H3,(H2,25,28);3-8,12,15,17,20-22H,9-11H2,1-2H3,(H2,25,28)/t2*17?,21-,24+,25-,26+,28-;2*15?,17-,20+,21-,22+,24-/m0000/s1. The zero-order valence-corrected chi connectivity index (χ0v) is 73.7. The molecule has 0 bridgehead atoms. The third-order valence-electron chi connectivity index (χ3n) is 32.7. The summed E-state index contributed by atoms with van der Waals surface area (Å²) in [5, 5.41) is 4.67. The summed E-state index contributed by atoms with van der Waals surface area (Å²) < 4.78 is 50.2. The quantitative estimate of drug-likeness (QED) is 0.0884. The first-order valence-electron chi connectivity index (χ1n) is 45.3. The number of methoxy groups -OCH3 is 4. The molecule has 128 heavy (non-hydrogen) atoms. The van der Waals surface area contributed by atoms with Gasteiger partial charge in [-0.05, 0) is 166 Å². The van der Waals surface area contributed by atoms with E-state index in [9.17, 15) is 38.4 Å². The smallest absolute Gasteiger partial charge is 0.221 e. The van der Waals surface area contributed by atoms with Crippen LogP contribution in [-0.2, 0) is 76.3 Å². The Bertz CT molecular complexity index is 5930. The van der Waals surface area contributed by atoms with Crippen LogP contribution in [0.3, 0.4) is 0 Å². The molecule has 8 N–H and O–H groups in total. The van der Waals surface area contributed by atoms with E-state index in [2.05, 4.69) is 139 Å². The first-order valence-corrected chi connectivity index (χ1v) is 45.3. The second kappa shape index (κ2) is 33.6. The molecule has 4 aliphatic heterocycles. The average molecular weight is 1730 g/mol. The van der Waals surface area contributed by atoms with Crippen molar-refractivity contribution in [2.24, 2.45) is 91.9 Å². The molecule has 4 unspecified atom stereocenters. The molecule has 4 amide bonds. The number of amides is 4. The van der Waals surface area contributed by atoms with Crippen LogP contribution in [-0.4, -0.2) is 144 Å². The summed E-state index contributed by atoms with van der Waals surface area (Å²) in [7, 11) is 7.13. The maximum absolute atomic E-state index is 12.8. The molecule has 0 saturated heterocycles. The number of carbonyl (C=O) groups is 8. The number of carbonyl (C=O) groups excluding carboxylic acids is 8. The van der Waals surface area contributed by atoms with Crippen molar-refractivity contribution in [1.29, 1.82) is 0 Å². The zero-order chi connectivity index (χ0) is 89.3. The van der Waals surface area contributed by atoms with E-state index in [1.807, 2.05) is 67.5 Å². The molecule has 4 aromatic heterocycles. The minimum atomic E-state index is -0.501. The normalized spacial score (nSPS) is 35.8. The van der Waals surface area contributed by atoms with Crippen molar-refractivity contribution >= 4 is 68.3 Å². The third-order valence-corrected chi connectivity index (χ3v) is 32.7. The minimum Gasteiger partial charge on any atom is -0.489 e. The summed E-state index contributed by atoms with van der Waals surface area (Å²) >= 11 is 0. The van der Waals surface area contributed by atoms with Crippen LogP contribution in [0.15, 0.2) is 239 Å². The molecule has 22 rings (SSSR count). The van der Waals surface area contributed by atoms with Gasteiger partial charge in [-0.2, -0.15) is 0 Å². The fourth-order valence-corrected chi connectivity index (χ4v) is 26.1. The van der Waals surface area contributed by atoms with Crippen LogP contribution >= 0.6 is 0 Å². The van der Waals surface area contributed by atoms with Crippen LogP contribution in [0.5, 0.6) is 0 Å². The molecule has 2 aromatic carbocycles. The maximum Gasteiger partial charge on any atom is 0.221 e. The Labute approximate surface area is 744 Å². The molecule has 24 nitrogen and oxygen atoms in total. The highest BCUT2D eigenvalue weighted by Crippen LogP contribution is 2.67. The maximum atomic E-state index is 12.8. The van der Waals surface area contributed by atoms with Crippen molar-refractivity contribution in [3.8, 4) is 0 Å². The number of ketones is 4. The molecule has 6 saturated carbocycles. The first kappa shape index (κ1) is 86.0. The number of aromatic nitrogens is 4. The Morgan fingerprint density at radius 2 is 0.719 bits per heavy atom. The van der Waals surface area contributed by atoms with E-state index in [0.717, 1.165) is 78.8 Å². The van der Waals surface area contributed by atoms with Crippen LogP contribution in [0.2, 0.25) is 0 Å². The third kappa shape index (κ3) is 14.6. The van der Waals surface area contributed by atoms with Crippen molar-refractivity contribution in [2.45, 2.75) is 203 Å². The number of primary amides is 4. The van der Waals surface area contributed by atoms with Crippen molar-refractivity contribution < 1.29 is 76.3 Å². The fraction of sp³-hybridized carbons (Fsp3) is 0.462. The van der Waals surface area contributed by atoms with E-state index in [1.165, 1.54) is 38.6 Å². The predicted octanol–water partition coefficient (Wildman–Crippen LogP) is 14.0. The Kier molecular flexibility index (Phi) is 22.5. The number of allylic oxidation sites excluding steroid dienone is 14. The van der Waals surface area contributed by atoms with Crippen LogP contribution in [0, 0.1) is 69.0 Å². The van der Waals surface area contributed by atoms with Gasteiger partial charge in [0.15, 0.2) is 23.1 Å². The number of fused-ring (bicyclic) bond motifs is 14. The van der Waals surface area contributed by atoms with E-state index >= 15 is 0 Å². The highest BCUT2D eigenvalue weighted by atomic mass is 16.5. The minimum absolute atomic E-state index is 0.00550. The molecule has 16 aliphatic rings. The second-order valence-corrected chi connectivity index (χ2v) is 39.2. The van der Waals surface area contributed by atoms with Gasteiger partial charge in [-0.15, -0.1) is 0 Å². The lowest BCUT2D eigenvalue weighted by Crippen LogP contribution is -2.44. The van der Waals surface area contributed by atoms with Gasteiger partial charge in [0, 0.05) is 198 Å². The number of rotatable bonds is 12. The van der Waals surface area contributed by atoms with Crippen molar-refractivity contribution in [3.05, 3.63) is 261 Å². The summed E-state index contributed by atoms with van der Waals surface area (Å²) in [5.41, 5.74) is 33.5. The Morgan fingerprint density at radius 3 is 1.12 bits per heavy atom. The van der Waals surface area contributed by atoms with E-state index in [-0.39, 0.29) is 167 Å². The number of hydrogen-bond acceptors (Lipinski definition) is 20. The highest BCUT2D eigenvalue weighted by molar-refractivity contribution is 6.05. The molecule has 24 heteroatoms. The van der Waals surface area contributed by atoms with Gasteiger partial charge in [0.25, 0.3) is 0 Å². The van der Waals surface area contributed by atoms with E-state index in [0.29, 0.717) is 71.0 Å². The van der Waals surface area contributed by atoms with Gasteiger partial charge >= 0.3 is 0 Å². The summed E-state index contributed by atoms with van der Waals surface area (Å²) in [4.78, 5) is 115. The summed E-state index contributed by atoms with van der Waals surface area (Å²) in [6.45, 7) is 9.27. The molecule has 6 fully saturated rings. The van der Waals surface area contributed by atoms with Crippen molar-refractivity contribution in [2.75, 3.05) is 28.4 Å².